The Balaban J connectivity index is 1.96. The largest absolute Gasteiger partial charge is 0.465 e. The Kier molecular flexibility index (Phi) is 4.18. The van der Waals surface area contributed by atoms with Crippen molar-refractivity contribution in [3.63, 3.8) is 0 Å². The van der Waals surface area contributed by atoms with E-state index in [4.69, 9.17) is 4.42 Å². The highest BCUT2D eigenvalue weighted by atomic mass is 79.9. The van der Waals surface area contributed by atoms with Crippen molar-refractivity contribution in [1.29, 1.82) is 0 Å². The van der Waals surface area contributed by atoms with Gasteiger partial charge in [-0.1, -0.05) is 24.3 Å². The van der Waals surface area contributed by atoms with Crippen molar-refractivity contribution >= 4 is 38.9 Å². The quantitative estimate of drug-likeness (QED) is 0.643. The van der Waals surface area contributed by atoms with Gasteiger partial charge in [-0.2, -0.15) is 0 Å². The van der Waals surface area contributed by atoms with E-state index < -0.39 is 0 Å². The molecule has 3 rings (SSSR count). The van der Waals surface area contributed by atoms with Crippen LogP contribution in [-0.2, 0) is 0 Å². The summed E-state index contributed by atoms with van der Waals surface area (Å²) in [7, 11) is 0. The molecule has 5 heteroatoms. The summed E-state index contributed by atoms with van der Waals surface area (Å²) in [5.74, 6) is 1.13. The van der Waals surface area contributed by atoms with Gasteiger partial charge in [-0.05, 0) is 47.3 Å². The fourth-order valence-electron chi connectivity index (χ4n) is 2.34. The zero-order valence-corrected chi connectivity index (χ0v) is 14.5. The number of benzene rings is 1. The van der Waals surface area contributed by atoms with Crippen LogP contribution < -0.4 is 5.32 Å². The van der Waals surface area contributed by atoms with Gasteiger partial charge in [-0.25, -0.2) is 0 Å². The number of hydrogen-bond acceptors (Lipinski definition) is 3. The summed E-state index contributed by atoms with van der Waals surface area (Å²) in [4.78, 5) is 13.7. The van der Waals surface area contributed by atoms with Crippen LogP contribution in [0.3, 0.4) is 0 Å². The molecule has 0 saturated heterocycles. The predicted octanol–water partition coefficient (Wildman–Crippen LogP) is 5.64. The molecule has 0 spiro atoms. The SMILES string of the molecule is Cc1oc(C)c(C(=O)Nc2ccccc2-c2cccs2)c1Br. The normalized spacial score (nSPS) is 10.7. The first-order valence-corrected chi connectivity index (χ1v) is 8.45. The second-order valence-corrected chi connectivity index (χ2v) is 6.62. The van der Waals surface area contributed by atoms with Gasteiger partial charge >= 0.3 is 0 Å². The fourth-order valence-corrected chi connectivity index (χ4v) is 3.65. The molecule has 2 heterocycles. The molecule has 1 N–H and O–H groups in total. The van der Waals surface area contributed by atoms with Crippen molar-refractivity contribution < 1.29 is 9.21 Å². The lowest BCUT2D eigenvalue weighted by atomic mass is 10.1. The fraction of sp³-hybridized carbons (Fsp3) is 0.118. The first-order valence-electron chi connectivity index (χ1n) is 6.77. The second kappa shape index (κ2) is 6.10. The van der Waals surface area contributed by atoms with E-state index >= 15 is 0 Å². The number of anilines is 1. The first-order chi connectivity index (χ1) is 10.6. The Bertz CT molecular complexity index is 821. The summed E-state index contributed by atoms with van der Waals surface area (Å²) < 4.78 is 6.21. The lowest BCUT2D eigenvalue weighted by Gasteiger charge is -2.10. The summed E-state index contributed by atoms with van der Waals surface area (Å²) in [6.45, 7) is 3.62. The molecular formula is C17H14BrNO2S. The van der Waals surface area contributed by atoms with E-state index in [2.05, 4.69) is 21.2 Å². The highest BCUT2D eigenvalue weighted by Gasteiger charge is 2.20. The molecule has 0 unspecified atom stereocenters. The Hall–Kier alpha value is -1.85. The molecule has 3 nitrogen and oxygen atoms in total. The zero-order valence-electron chi connectivity index (χ0n) is 12.1. The van der Waals surface area contributed by atoms with Crippen molar-refractivity contribution in [1.82, 2.24) is 0 Å². The average molecular weight is 376 g/mol. The topological polar surface area (TPSA) is 42.2 Å². The third kappa shape index (κ3) is 2.74. The molecule has 1 aromatic carbocycles. The number of hydrogen-bond donors (Lipinski definition) is 1. The predicted molar refractivity (Wildman–Crippen MR) is 93.6 cm³/mol. The van der Waals surface area contributed by atoms with Crippen molar-refractivity contribution in [2.45, 2.75) is 13.8 Å². The number of nitrogens with one attached hydrogen (secondary N) is 1. The van der Waals surface area contributed by atoms with Crippen LogP contribution in [0.2, 0.25) is 0 Å². The standard InChI is InChI=1S/C17H14BrNO2S/c1-10-15(16(18)11(2)21-10)17(20)19-13-7-4-3-6-12(13)14-8-5-9-22-14/h3-9H,1-2H3,(H,19,20). The third-order valence-electron chi connectivity index (χ3n) is 3.38. The van der Waals surface area contributed by atoms with Crippen LogP contribution in [0.25, 0.3) is 10.4 Å². The first kappa shape index (κ1) is 15.1. The molecule has 2 aromatic heterocycles. The molecule has 1 amide bonds. The van der Waals surface area contributed by atoms with Crippen LogP contribution in [-0.4, -0.2) is 5.91 Å². The van der Waals surface area contributed by atoms with Gasteiger partial charge < -0.3 is 9.73 Å². The van der Waals surface area contributed by atoms with Crippen molar-refractivity contribution in [2.24, 2.45) is 0 Å². The molecule has 0 fully saturated rings. The average Bonchev–Trinajstić information content (AvgIpc) is 3.09. The Labute approximate surface area is 141 Å². The van der Waals surface area contributed by atoms with Crippen LogP contribution in [0, 0.1) is 13.8 Å². The number of thiophene rings is 1. The van der Waals surface area contributed by atoms with Gasteiger partial charge in [-0.3, -0.25) is 4.79 Å². The second-order valence-electron chi connectivity index (χ2n) is 4.88. The number of furan rings is 1. The van der Waals surface area contributed by atoms with Crippen LogP contribution >= 0.6 is 27.3 Å². The molecule has 22 heavy (non-hydrogen) atoms. The number of carbonyl (C=O) groups is 1. The maximum atomic E-state index is 12.6. The van der Waals surface area contributed by atoms with Crippen molar-refractivity contribution in [2.75, 3.05) is 5.32 Å². The maximum absolute atomic E-state index is 12.6. The highest BCUT2D eigenvalue weighted by Crippen LogP contribution is 2.33. The number of halogens is 1. The molecular weight excluding hydrogens is 362 g/mol. The number of rotatable bonds is 3. The van der Waals surface area contributed by atoms with Gasteiger partial charge in [0.1, 0.15) is 11.5 Å². The zero-order chi connectivity index (χ0) is 15.7. The van der Waals surface area contributed by atoms with E-state index in [1.807, 2.05) is 48.7 Å². The third-order valence-corrected chi connectivity index (χ3v) is 5.23. The monoisotopic (exact) mass is 375 g/mol. The maximum Gasteiger partial charge on any atom is 0.260 e. The molecule has 0 bridgehead atoms. The van der Waals surface area contributed by atoms with Gasteiger partial charge in [0.05, 0.1) is 10.0 Å². The summed E-state index contributed by atoms with van der Waals surface area (Å²) in [6, 6.07) is 11.8. The highest BCUT2D eigenvalue weighted by molar-refractivity contribution is 9.10. The lowest BCUT2D eigenvalue weighted by molar-refractivity contribution is 0.102. The molecule has 0 aliphatic rings. The van der Waals surface area contributed by atoms with Crippen molar-refractivity contribution in [3.05, 3.63) is 63.3 Å². The van der Waals surface area contributed by atoms with Crippen LogP contribution in [0.15, 0.2) is 50.7 Å². The van der Waals surface area contributed by atoms with Crippen molar-refractivity contribution in [3.8, 4) is 10.4 Å². The molecule has 0 aliphatic carbocycles. The van der Waals surface area contributed by atoms with Gasteiger partial charge in [0.25, 0.3) is 5.91 Å². The van der Waals surface area contributed by atoms with Crippen LogP contribution in [0.4, 0.5) is 5.69 Å². The molecule has 3 aromatic rings. The molecule has 0 radical (unpaired) electrons. The number of para-hydroxylation sites is 1. The molecule has 0 aliphatic heterocycles. The minimum Gasteiger partial charge on any atom is -0.465 e. The van der Waals surface area contributed by atoms with E-state index in [0.29, 0.717) is 21.6 Å². The molecule has 0 saturated carbocycles. The minimum atomic E-state index is -0.176. The minimum absolute atomic E-state index is 0.176. The number of amides is 1. The lowest BCUT2D eigenvalue weighted by Crippen LogP contribution is -2.13. The summed E-state index contributed by atoms with van der Waals surface area (Å²) in [5.41, 5.74) is 2.35. The van der Waals surface area contributed by atoms with E-state index in [9.17, 15) is 4.79 Å². The van der Waals surface area contributed by atoms with Gasteiger partial charge in [0, 0.05) is 16.1 Å². The van der Waals surface area contributed by atoms with E-state index in [0.717, 1.165) is 16.1 Å². The van der Waals surface area contributed by atoms with Crippen LogP contribution in [0.5, 0.6) is 0 Å². The Morgan fingerprint density at radius 1 is 1.14 bits per heavy atom. The summed E-state index contributed by atoms with van der Waals surface area (Å²) >= 11 is 5.06. The van der Waals surface area contributed by atoms with Crippen LogP contribution in [0.1, 0.15) is 21.9 Å². The Morgan fingerprint density at radius 3 is 2.55 bits per heavy atom. The molecule has 0 atom stereocenters. The smallest absolute Gasteiger partial charge is 0.260 e. The van der Waals surface area contributed by atoms with Gasteiger partial charge in [0.2, 0.25) is 0 Å². The van der Waals surface area contributed by atoms with Gasteiger partial charge in [-0.15, -0.1) is 11.3 Å². The number of carbonyl (C=O) groups excluding carboxylic acids is 1. The van der Waals surface area contributed by atoms with Gasteiger partial charge in [0.15, 0.2) is 0 Å². The Morgan fingerprint density at radius 2 is 1.91 bits per heavy atom. The van der Waals surface area contributed by atoms with E-state index in [1.54, 1.807) is 18.3 Å². The van der Waals surface area contributed by atoms with E-state index in [1.165, 1.54) is 0 Å². The molecule has 112 valence electrons. The number of aryl methyl sites for hydroxylation is 2. The van der Waals surface area contributed by atoms with E-state index in [-0.39, 0.29) is 5.91 Å². The summed E-state index contributed by atoms with van der Waals surface area (Å²) in [6.07, 6.45) is 0. The summed E-state index contributed by atoms with van der Waals surface area (Å²) in [5, 5.41) is 5.01.